The van der Waals surface area contributed by atoms with Crippen LogP contribution >= 0.6 is 23.2 Å². The molecule has 0 aliphatic carbocycles. The van der Waals surface area contributed by atoms with E-state index in [2.05, 4.69) is 5.32 Å². The molecule has 0 spiro atoms. The molecule has 110 valence electrons. The first-order valence-corrected chi connectivity index (χ1v) is 7.37. The molecule has 2 rings (SSSR count). The Labute approximate surface area is 129 Å². The summed E-state index contributed by atoms with van der Waals surface area (Å²) in [4.78, 5) is 14.0. The summed E-state index contributed by atoms with van der Waals surface area (Å²) in [5.41, 5.74) is 0.928. The van der Waals surface area contributed by atoms with Gasteiger partial charge in [0.1, 0.15) is 0 Å². The highest BCUT2D eigenvalue weighted by Crippen LogP contribution is 2.20. The second-order valence-electron chi connectivity index (χ2n) is 4.78. The van der Waals surface area contributed by atoms with Crippen molar-refractivity contribution < 1.29 is 9.53 Å². The fraction of sp³-hybridized carbons (Fsp3) is 0.500. The standard InChI is InChI=1S/C14H18Cl2N2O2/c1-10(14(19)18-4-6-20-7-5-18)17-9-11-2-3-12(15)8-13(11)16/h2-3,8,10,17H,4-7,9H2,1H3. The van der Waals surface area contributed by atoms with Crippen molar-refractivity contribution in [3.05, 3.63) is 33.8 Å². The second kappa shape index (κ2) is 7.27. The first-order chi connectivity index (χ1) is 9.58. The Balaban J connectivity index is 1.87. The summed E-state index contributed by atoms with van der Waals surface area (Å²) in [6.07, 6.45) is 0. The highest BCUT2D eigenvalue weighted by Gasteiger charge is 2.22. The van der Waals surface area contributed by atoms with Crippen LogP contribution < -0.4 is 5.32 Å². The molecule has 0 bridgehead atoms. The average Bonchev–Trinajstić information content (AvgIpc) is 2.46. The van der Waals surface area contributed by atoms with Gasteiger partial charge in [0.25, 0.3) is 0 Å². The Kier molecular flexibility index (Phi) is 5.66. The van der Waals surface area contributed by atoms with Crippen LogP contribution in [0, 0.1) is 0 Å². The van der Waals surface area contributed by atoms with Crippen LogP contribution in [0.15, 0.2) is 18.2 Å². The fourth-order valence-corrected chi connectivity index (χ4v) is 2.55. The number of carbonyl (C=O) groups is 1. The van der Waals surface area contributed by atoms with Crippen molar-refractivity contribution in [1.29, 1.82) is 0 Å². The molecule has 1 aromatic rings. The van der Waals surface area contributed by atoms with Crippen molar-refractivity contribution in [2.45, 2.75) is 19.5 Å². The zero-order chi connectivity index (χ0) is 14.5. The van der Waals surface area contributed by atoms with E-state index in [9.17, 15) is 4.79 Å². The lowest BCUT2D eigenvalue weighted by Gasteiger charge is -2.29. The number of hydrogen-bond acceptors (Lipinski definition) is 3. The van der Waals surface area contributed by atoms with Crippen molar-refractivity contribution in [2.75, 3.05) is 26.3 Å². The zero-order valence-electron chi connectivity index (χ0n) is 11.4. The summed E-state index contributed by atoms with van der Waals surface area (Å²) in [5, 5.41) is 4.41. The normalized spacial score (nSPS) is 17.1. The summed E-state index contributed by atoms with van der Waals surface area (Å²) in [5.74, 6) is 0.0957. The first kappa shape index (κ1) is 15.6. The first-order valence-electron chi connectivity index (χ1n) is 6.62. The van der Waals surface area contributed by atoms with Crippen molar-refractivity contribution >= 4 is 29.1 Å². The summed E-state index contributed by atoms with van der Waals surface area (Å²) >= 11 is 12.0. The Hall–Kier alpha value is -0.810. The number of hydrogen-bond donors (Lipinski definition) is 1. The molecule has 6 heteroatoms. The van der Waals surface area contributed by atoms with E-state index in [-0.39, 0.29) is 11.9 Å². The van der Waals surface area contributed by atoms with E-state index in [0.29, 0.717) is 42.9 Å². The third kappa shape index (κ3) is 4.09. The van der Waals surface area contributed by atoms with Crippen LogP contribution in [0.3, 0.4) is 0 Å². The lowest BCUT2D eigenvalue weighted by molar-refractivity contribution is -0.137. The molecule has 0 saturated carbocycles. The van der Waals surface area contributed by atoms with Crippen molar-refractivity contribution in [2.24, 2.45) is 0 Å². The quantitative estimate of drug-likeness (QED) is 0.927. The number of nitrogens with zero attached hydrogens (tertiary/aromatic N) is 1. The summed E-state index contributed by atoms with van der Waals surface area (Å²) in [6.45, 7) is 4.94. The lowest BCUT2D eigenvalue weighted by Crippen LogP contribution is -2.49. The van der Waals surface area contributed by atoms with Crippen molar-refractivity contribution in [3.8, 4) is 0 Å². The third-order valence-corrected chi connectivity index (χ3v) is 3.89. The van der Waals surface area contributed by atoms with Gasteiger partial charge in [0.05, 0.1) is 19.3 Å². The van der Waals surface area contributed by atoms with E-state index >= 15 is 0 Å². The molecule has 1 atom stereocenters. The Bertz CT molecular complexity index is 476. The van der Waals surface area contributed by atoms with Gasteiger partial charge in [0, 0.05) is 29.7 Å². The van der Waals surface area contributed by atoms with Gasteiger partial charge in [0.2, 0.25) is 5.91 Å². The van der Waals surface area contributed by atoms with Crippen LogP contribution in [-0.4, -0.2) is 43.2 Å². The van der Waals surface area contributed by atoms with E-state index in [1.54, 1.807) is 12.1 Å². The van der Waals surface area contributed by atoms with E-state index in [1.165, 1.54) is 0 Å². The van der Waals surface area contributed by atoms with E-state index in [4.69, 9.17) is 27.9 Å². The van der Waals surface area contributed by atoms with Crippen LogP contribution in [0.2, 0.25) is 10.0 Å². The zero-order valence-corrected chi connectivity index (χ0v) is 12.9. The molecule has 0 radical (unpaired) electrons. The molecule has 1 aliphatic heterocycles. The molecule has 1 amide bonds. The van der Waals surface area contributed by atoms with Crippen molar-refractivity contribution in [3.63, 3.8) is 0 Å². The van der Waals surface area contributed by atoms with Gasteiger partial charge >= 0.3 is 0 Å². The van der Waals surface area contributed by atoms with Gasteiger partial charge in [0.15, 0.2) is 0 Å². The molecular formula is C14H18Cl2N2O2. The van der Waals surface area contributed by atoms with Gasteiger partial charge < -0.3 is 15.0 Å². The number of nitrogens with one attached hydrogen (secondary N) is 1. The second-order valence-corrected chi connectivity index (χ2v) is 5.62. The minimum Gasteiger partial charge on any atom is -0.378 e. The summed E-state index contributed by atoms with van der Waals surface area (Å²) in [6, 6.07) is 5.11. The molecule has 4 nitrogen and oxygen atoms in total. The summed E-state index contributed by atoms with van der Waals surface area (Å²) in [7, 11) is 0. The number of carbonyl (C=O) groups excluding carboxylic acids is 1. The lowest BCUT2D eigenvalue weighted by atomic mass is 10.2. The maximum Gasteiger partial charge on any atom is 0.239 e. The van der Waals surface area contributed by atoms with Crippen molar-refractivity contribution in [1.82, 2.24) is 10.2 Å². The Morgan fingerprint density at radius 3 is 2.75 bits per heavy atom. The van der Waals surface area contributed by atoms with Gasteiger partial charge in [-0.05, 0) is 24.6 Å². The maximum atomic E-state index is 12.2. The van der Waals surface area contributed by atoms with Gasteiger partial charge in [-0.2, -0.15) is 0 Å². The number of benzene rings is 1. The number of morpholine rings is 1. The van der Waals surface area contributed by atoms with E-state index < -0.39 is 0 Å². The molecule has 1 unspecified atom stereocenters. The molecule has 1 saturated heterocycles. The van der Waals surface area contributed by atoms with Gasteiger partial charge in [-0.15, -0.1) is 0 Å². The molecule has 1 heterocycles. The number of rotatable bonds is 4. The van der Waals surface area contributed by atoms with Crippen LogP contribution in [-0.2, 0) is 16.1 Å². The SMILES string of the molecule is CC(NCc1ccc(Cl)cc1Cl)C(=O)N1CCOCC1. The van der Waals surface area contributed by atoms with Crippen LogP contribution in [0.4, 0.5) is 0 Å². The molecule has 20 heavy (non-hydrogen) atoms. The molecular weight excluding hydrogens is 299 g/mol. The van der Waals surface area contributed by atoms with Gasteiger partial charge in [-0.1, -0.05) is 29.3 Å². The Morgan fingerprint density at radius 1 is 1.40 bits per heavy atom. The maximum absolute atomic E-state index is 12.2. The van der Waals surface area contributed by atoms with Gasteiger partial charge in [-0.25, -0.2) is 0 Å². The van der Waals surface area contributed by atoms with E-state index in [1.807, 2.05) is 17.9 Å². The van der Waals surface area contributed by atoms with Gasteiger partial charge in [-0.3, -0.25) is 4.79 Å². The number of amides is 1. The van der Waals surface area contributed by atoms with E-state index in [0.717, 1.165) is 5.56 Å². The van der Waals surface area contributed by atoms with Crippen LogP contribution in [0.1, 0.15) is 12.5 Å². The molecule has 1 fully saturated rings. The largest absolute Gasteiger partial charge is 0.378 e. The minimum absolute atomic E-state index is 0.0957. The molecule has 1 N–H and O–H groups in total. The Morgan fingerprint density at radius 2 is 2.10 bits per heavy atom. The van der Waals surface area contributed by atoms with Crippen LogP contribution in [0.5, 0.6) is 0 Å². The predicted octanol–water partition coefficient (Wildman–Crippen LogP) is 2.33. The highest BCUT2D eigenvalue weighted by molar-refractivity contribution is 6.35. The minimum atomic E-state index is -0.250. The topological polar surface area (TPSA) is 41.6 Å². The monoisotopic (exact) mass is 316 g/mol. The number of ether oxygens (including phenoxy) is 1. The summed E-state index contributed by atoms with van der Waals surface area (Å²) < 4.78 is 5.24. The molecule has 1 aliphatic rings. The van der Waals surface area contributed by atoms with Crippen LogP contribution in [0.25, 0.3) is 0 Å². The third-order valence-electron chi connectivity index (χ3n) is 3.31. The highest BCUT2D eigenvalue weighted by atomic mass is 35.5. The smallest absolute Gasteiger partial charge is 0.239 e. The predicted molar refractivity (Wildman–Crippen MR) is 80.2 cm³/mol. The molecule has 1 aromatic carbocycles. The average molecular weight is 317 g/mol. The number of halogens is 2. The molecule has 0 aromatic heterocycles. The fourth-order valence-electron chi connectivity index (χ4n) is 2.07.